The third kappa shape index (κ3) is 3.98. The van der Waals surface area contributed by atoms with E-state index in [1.807, 2.05) is 4.90 Å². The molecule has 0 amide bonds. The molecule has 1 N–H and O–H groups in total. The molecule has 164 valence electrons. The van der Waals surface area contributed by atoms with Crippen LogP contribution in [0.4, 0.5) is 13.2 Å². The summed E-state index contributed by atoms with van der Waals surface area (Å²) >= 11 is 0. The summed E-state index contributed by atoms with van der Waals surface area (Å²) in [5.74, 6) is -1.57. The Balaban J connectivity index is 1.99. The van der Waals surface area contributed by atoms with Gasteiger partial charge < -0.3 is 19.0 Å². The summed E-state index contributed by atoms with van der Waals surface area (Å²) in [6.45, 7) is 1.59. The Morgan fingerprint density at radius 2 is 1.97 bits per heavy atom. The lowest BCUT2D eigenvalue weighted by Crippen LogP contribution is -2.32. The Bertz CT molecular complexity index is 1170. The average molecular weight is 435 g/mol. The highest BCUT2D eigenvalue weighted by Crippen LogP contribution is 2.41. The standard InChI is InChI=1S/C22H20F3NO5/c1-29-17-6-3-2-5-13(17)18-19(28)14-7-8-16(27)15(11-26-9-4-10-30-12-26)20(14)31-21(18)22(23,24)25/h2-3,5-8,27H,4,9-12H2,1H3. The topological polar surface area (TPSA) is 72.1 Å². The van der Waals surface area contributed by atoms with E-state index in [4.69, 9.17) is 13.9 Å². The van der Waals surface area contributed by atoms with E-state index in [1.165, 1.54) is 37.4 Å². The van der Waals surface area contributed by atoms with Gasteiger partial charge in [0.25, 0.3) is 0 Å². The first-order valence-electron chi connectivity index (χ1n) is 9.63. The fourth-order valence-electron chi connectivity index (χ4n) is 3.75. The lowest BCUT2D eigenvalue weighted by atomic mass is 9.99. The third-order valence-electron chi connectivity index (χ3n) is 5.19. The lowest BCUT2D eigenvalue weighted by molar-refractivity contribution is -0.152. The van der Waals surface area contributed by atoms with Crippen LogP contribution in [0.25, 0.3) is 22.1 Å². The van der Waals surface area contributed by atoms with E-state index in [0.29, 0.717) is 13.2 Å². The Labute approximate surface area is 175 Å². The third-order valence-corrected chi connectivity index (χ3v) is 5.19. The second-order valence-corrected chi connectivity index (χ2v) is 7.22. The second kappa shape index (κ2) is 8.24. The highest BCUT2D eigenvalue weighted by molar-refractivity contribution is 5.87. The van der Waals surface area contributed by atoms with Crippen LogP contribution in [0.3, 0.4) is 0 Å². The molecule has 0 spiro atoms. The minimum Gasteiger partial charge on any atom is -0.507 e. The van der Waals surface area contributed by atoms with Crippen LogP contribution in [0.1, 0.15) is 17.7 Å². The maximum Gasteiger partial charge on any atom is 0.450 e. The van der Waals surface area contributed by atoms with Crippen LogP contribution in [0.15, 0.2) is 45.6 Å². The van der Waals surface area contributed by atoms with Gasteiger partial charge in [-0.15, -0.1) is 0 Å². The van der Waals surface area contributed by atoms with Crippen molar-refractivity contribution < 1.29 is 32.2 Å². The summed E-state index contributed by atoms with van der Waals surface area (Å²) in [6.07, 6.45) is -4.19. The molecule has 1 saturated heterocycles. The van der Waals surface area contributed by atoms with Crippen LogP contribution >= 0.6 is 0 Å². The molecule has 0 bridgehead atoms. The first kappa shape index (κ1) is 21.2. The number of phenolic OH excluding ortho intramolecular Hbond substituents is 1. The molecule has 2 aromatic carbocycles. The number of phenols is 1. The predicted octanol–water partition coefficient (Wildman–Crippen LogP) is 4.37. The predicted molar refractivity (Wildman–Crippen MR) is 107 cm³/mol. The van der Waals surface area contributed by atoms with Gasteiger partial charge in [-0.25, -0.2) is 0 Å². The van der Waals surface area contributed by atoms with Crippen molar-refractivity contribution in [1.29, 1.82) is 0 Å². The summed E-state index contributed by atoms with van der Waals surface area (Å²) in [5.41, 5.74) is -1.68. The Hall–Kier alpha value is -3.04. The van der Waals surface area contributed by atoms with Crippen LogP contribution < -0.4 is 10.2 Å². The molecule has 2 heterocycles. The van der Waals surface area contributed by atoms with E-state index < -0.39 is 22.9 Å². The van der Waals surface area contributed by atoms with Crippen LogP contribution in [0.5, 0.6) is 11.5 Å². The molecule has 3 aromatic rings. The van der Waals surface area contributed by atoms with Crippen molar-refractivity contribution in [2.75, 3.05) is 27.0 Å². The summed E-state index contributed by atoms with van der Waals surface area (Å²) in [4.78, 5) is 15.1. The smallest absolute Gasteiger partial charge is 0.450 e. The SMILES string of the molecule is COc1ccccc1-c1c(C(F)(F)F)oc2c(CN3CCCOC3)c(O)ccc2c1=O. The highest BCUT2D eigenvalue weighted by Gasteiger charge is 2.40. The molecule has 1 aromatic heterocycles. The number of alkyl halides is 3. The Morgan fingerprint density at radius 3 is 2.65 bits per heavy atom. The minimum atomic E-state index is -4.94. The van der Waals surface area contributed by atoms with Gasteiger partial charge in [0.05, 0.1) is 30.4 Å². The number of para-hydroxylation sites is 1. The average Bonchev–Trinajstić information content (AvgIpc) is 2.75. The molecule has 0 radical (unpaired) electrons. The van der Waals surface area contributed by atoms with E-state index in [-0.39, 0.29) is 46.9 Å². The molecule has 0 atom stereocenters. The normalized spacial score (nSPS) is 15.4. The van der Waals surface area contributed by atoms with Gasteiger partial charge in [0.1, 0.15) is 17.1 Å². The summed E-state index contributed by atoms with van der Waals surface area (Å²) in [7, 11) is 1.31. The zero-order valence-electron chi connectivity index (χ0n) is 16.7. The van der Waals surface area contributed by atoms with Gasteiger partial charge in [0.15, 0.2) is 0 Å². The zero-order chi connectivity index (χ0) is 22.2. The van der Waals surface area contributed by atoms with Crippen molar-refractivity contribution in [3.8, 4) is 22.6 Å². The zero-order valence-corrected chi connectivity index (χ0v) is 16.7. The highest BCUT2D eigenvalue weighted by atomic mass is 19.4. The first-order chi connectivity index (χ1) is 14.8. The number of fused-ring (bicyclic) bond motifs is 1. The number of ether oxygens (including phenoxy) is 2. The van der Waals surface area contributed by atoms with Crippen LogP contribution in [-0.4, -0.2) is 37.0 Å². The van der Waals surface area contributed by atoms with Gasteiger partial charge in [-0.3, -0.25) is 9.69 Å². The molecule has 0 aliphatic carbocycles. The molecular weight excluding hydrogens is 415 g/mol. The molecule has 9 heteroatoms. The number of halogens is 3. The molecule has 1 aliphatic rings. The Morgan fingerprint density at radius 1 is 1.19 bits per heavy atom. The molecule has 6 nitrogen and oxygen atoms in total. The van der Waals surface area contributed by atoms with Crippen molar-refractivity contribution >= 4 is 11.0 Å². The Kier molecular flexibility index (Phi) is 5.63. The fraction of sp³-hybridized carbons (Fsp3) is 0.318. The molecule has 1 fully saturated rings. The van der Waals surface area contributed by atoms with Crippen molar-refractivity contribution in [1.82, 2.24) is 4.90 Å². The number of methoxy groups -OCH3 is 1. The molecule has 0 saturated carbocycles. The van der Waals surface area contributed by atoms with Crippen LogP contribution in [0.2, 0.25) is 0 Å². The number of aromatic hydroxyl groups is 1. The van der Waals surface area contributed by atoms with Gasteiger partial charge in [0.2, 0.25) is 11.2 Å². The maximum absolute atomic E-state index is 14.0. The maximum atomic E-state index is 14.0. The van der Waals surface area contributed by atoms with Gasteiger partial charge >= 0.3 is 6.18 Å². The van der Waals surface area contributed by atoms with Gasteiger partial charge in [-0.2, -0.15) is 13.2 Å². The van der Waals surface area contributed by atoms with Crippen molar-refractivity contribution in [2.24, 2.45) is 0 Å². The number of hydrogen-bond donors (Lipinski definition) is 1. The largest absolute Gasteiger partial charge is 0.507 e. The van der Waals surface area contributed by atoms with Crippen molar-refractivity contribution in [3.63, 3.8) is 0 Å². The number of hydrogen-bond acceptors (Lipinski definition) is 6. The van der Waals surface area contributed by atoms with Gasteiger partial charge in [0, 0.05) is 25.3 Å². The van der Waals surface area contributed by atoms with Gasteiger partial charge in [-0.1, -0.05) is 18.2 Å². The van der Waals surface area contributed by atoms with Crippen LogP contribution in [-0.2, 0) is 17.5 Å². The first-order valence-corrected chi connectivity index (χ1v) is 9.63. The summed E-state index contributed by atoms with van der Waals surface area (Å²) in [6, 6.07) is 8.51. The van der Waals surface area contributed by atoms with Crippen molar-refractivity contribution in [3.05, 3.63) is 57.9 Å². The molecule has 1 aliphatic heterocycles. The lowest BCUT2D eigenvalue weighted by Gasteiger charge is -2.27. The van der Waals surface area contributed by atoms with E-state index in [2.05, 4.69) is 0 Å². The fourth-order valence-corrected chi connectivity index (χ4v) is 3.75. The number of rotatable bonds is 4. The summed E-state index contributed by atoms with van der Waals surface area (Å²) in [5, 5.41) is 10.3. The molecule has 4 rings (SSSR count). The number of nitrogens with zero attached hydrogens (tertiary/aromatic N) is 1. The quantitative estimate of drug-likeness (QED) is 0.656. The van der Waals surface area contributed by atoms with Gasteiger partial charge in [-0.05, 0) is 24.6 Å². The van der Waals surface area contributed by atoms with Crippen LogP contribution in [0, 0.1) is 0 Å². The van der Waals surface area contributed by atoms with E-state index in [1.54, 1.807) is 6.07 Å². The molecule has 31 heavy (non-hydrogen) atoms. The number of benzene rings is 2. The summed E-state index contributed by atoms with van der Waals surface area (Å²) < 4.78 is 57.9. The van der Waals surface area contributed by atoms with E-state index in [0.717, 1.165) is 6.42 Å². The molecular formula is C22H20F3NO5. The van der Waals surface area contributed by atoms with E-state index >= 15 is 0 Å². The monoisotopic (exact) mass is 435 g/mol. The molecule has 0 unspecified atom stereocenters. The van der Waals surface area contributed by atoms with Crippen molar-refractivity contribution in [2.45, 2.75) is 19.1 Å². The minimum absolute atomic E-state index is 0.0213. The second-order valence-electron chi connectivity index (χ2n) is 7.22. The van der Waals surface area contributed by atoms with E-state index in [9.17, 15) is 23.1 Å².